The second kappa shape index (κ2) is 3.77. The molecule has 4 heteroatoms. The highest BCUT2D eigenvalue weighted by atomic mass is 19.1. The first-order chi connectivity index (χ1) is 7.55. The zero-order valence-electron chi connectivity index (χ0n) is 9.43. The summed E-state index contributed by atoms with van der Waals surface area (Å²) in [6.45, 7) is 4.43. The van der Waals surface area contributed by atoms with E-state index in [4.69, 9.17) is 0 Å². The third kappa shape index (κ3) is 1.75. The summed E-state index contributed by atoms with van der Waals surface area (Å²) in [6, 6.07) is 4.36. The molecule has 0 radical (unpaired) electrons. The molecule has 1 heterocycles. The minimum atomic E-state index is -0.449. The van der Waals surface area contributed by atoms with Gasteiger partial charge in [-0.05, 0) is 31.5 Å². The Morgan fingerprint density at radius 1 is 1.44 bits per heavy atom. The van der Waals surface area contributed by atoms with Crippen LogP contribution in [0.25, 0.3) is 0 Å². The van der Waals surface area contributed by atoms with Gasteiger partial charge in [-0.3, -0.25) is 4.79 Å². The van der Waals surface area contributed by atoms with Crippen LogP contribution in [0.4, 0.5) is 15.8 Å². The van der Waals surface area contributed by atoms with Crippen LogP contribution in [-0.2, 0) is 4.79 Å². The van der Waals surface area contributed by atoms with Crippen LogP contribution >= 0.6 is 0 Å². The van der Waals surface area contributed by atoms with E-state index in [0.717, 1.165) is 12.1 Å². The number of amides is 1. The summed E-state index contributed by atoms with van der Waals surface area (Å²) in [5.74, 6) is -0.409. The van der Waals surface area contributed by atoms with Gasteiger partial charge in [-0.25, -0.2) is 4.39 Å². The number of hydrogen-bond donors (Lipinski definition) is 2. The lowest BCUT2D eigenvalue weighted by molar-refractivity contribution is -0.124. The average Bonchev–Trinajstić information content (AvgIpc) is 2.38. The van der Waals surface area contributed by atoms with Crippen molar-refractivity contribution in [3.8, 4) is 0 Å². The maximum Gasteiger partial charge on any atom is 0.232 e. The van der Waals surface area contributed by atoms with Gasteiger partial charge in [0.2, 0.25) is 5.91 Å². The van der Waals surface area contributed by atoms with Crippen molar-refractivity contribution in [3.05, 3.63) is 24.0 Å². The molecule has 0 saturated heterocycles. The zero-order chi connectivity index (χ0) is 11.8. The molecule has 2 N–H and O–H groups in total. The molecule has 1 aliphatic rings. The molecule has 86 valence electrons. The fourth-order valence-corrected chi connectivity index (χ4v) is 1.70. The van der Waals surface area contributed by atoms with Gasteiger partial charge in [0, 0.05) is 6.54 Å². The van der Waals surface area contributed by atoms with Gasteiger partial charge in [0.15, 0.2) is 0 Å². The molecule has 0 aliphatic carbocycles. The Hall–Kier alpha value is -1.58. The van der Waals surface area contributed by atoms with Crippen molar-refractivity contribution in [1.82, 2.24) is 0 Å². The van der Waals surface area contributed by atoms with Crippen LogP contribution < -0.4 is 10.6 Å². The minimum Gasteiger partial charge on any atom is -0.382 e. The number of hydrogen-bond acceptors (Lipinski definition) is 2. The molecule has 0 spiro atoms. The maximum absolute atomic E-state index is 13.0. The van der Waals surface area contributed by atoms with Crippen molar-refractivity contribution < 1.29 is 9.18 Å². The van der Waals surface area contributed by atoms with Gasteiger partial charge >= 0.3 is 0 Å². The molecule has 1 aromatic rings. The minimum absolute atomic E-state index is 0.0631. The Kier molecular flexibility index (Phi) is 2.58. The fourth-order valence-electron chi connectivity index (χ4n) is 1.70. The quantitative estimate of drug-likeness (QED) is 0.766. The smallest absolute Gasteiger partial charge is 0.232 e. The largest absolute Gasteiger partial charge is 0.382 e. The van der Waals surface area contributed by atoms with Crippen LogP contribution in [0.5, 0.6) is 0 Å². The predicted octanol–water partition coefficient (Wildman–Crippen LogP) is 2.61. The summed E-state index contributed by atoms with van der Waals surface area (Å²) in [4.78, 5) is 12.0. The van der Waals surface area contributed by atoms with Gasteiger partial charge in [-0.2, -0.15) is 0 Å². The summed E-state index contributed by atoms with van der Waals surface area (Å²) in [5, 5.41) is 5.94. The van der Waals surface area contributed by atoms with Gasteiger partial charge in [-0.15, -0.1) is 0 Å². The SMILES string of the molecule is CCC1(C)CNc2ccc(F)cc2NC1=O. The summed E-state index contributed by atoms with van der Waals surface area (Å²) in [6.07, 6.45) is 0.738. The van der Waals surface area contributed by atoms with E-state index >= 15 is 0 Å². The molecule has 1 atom stereocenters. The molecular formula is C12H15FN2O. The Morgan fingerprint density at radius 2 is 2.19 bits per heavy atom. The Labute approximate surface area is 94.0 Å². The summed E-state index contributed by atoms with van der Waals surface area (Å²) in [5.41, 5.74) is 0.837. The normalized spacial score (nSPS) is 24.1. The topological polar surface area (TPSA) is 41.1 Å². The lowest BCUT2D eigenvalue weighted by Crippen LogP contribution is -2.36. The summed E-state index contributed by atoms with van der Waals surface area (Å²) >= 11 is 0. The second-order valence-electron chi connectivity index (χ2n) is 4.41. The van der Waals surface area contributed by atoms with Crippen molar-refractivity contribution >= 4 is 17.3 Å². The molecule has 1 unspecified atom stereocenters. The van der Waals surface area contributed by atoms with E-state index in [2.05, 4.69) is 10.6 Å². The number of anilines is 2. The first-order valence-corrected chi connectivity index (χ1v) is 5.40. The zero-order valence-corrected chi connectivity index (χ0v) is 9.43. The van der Waals surface area contributed by atoms with Crippen molar-refractivity contribution in [2.24, 2.45) is 5.41 Å². The molecule has 1 aliphatic heterocycles. The number of halogens is 1. The molecule has 0 aromatic heterocycles. The molecule has 0 fully saturated rings. The highest BCUT2D eigenvalue weighted by molar-refractivity contribution is 5.99. The van der Waals surface area contributed by atoms with Crippen LogP contribution in [0, 0.1) is 11.2 Å². The third-order valence-electron chi connectivity index (χ3n) is 3.23. The van der Waals surface area contributed by atoms with E-state index in [1.54, 1.807) is 6.07 Å². The number of nitrogens with one attached hydrogen (secondary N) is 2. The van der Waals surface area contributed by atoms with Crippen LogP contribution in [0.1, 0.15) is 20.3 Å². The number of carbonyl (C=O) groups is 1. The molecule has 0 bridgehead atoms. The Balaban J connectivity index is 2.37. The van der Waals surface area contributed by atoms with Crippen LogP contribution in [0.15, 0.2) is 18.2 Å². The van der Waals surface area contributed by atoms with Gasteiger partial charge in [0.1, 0.15) is 5.82 Å². The molecule has 2 rings (SSSR count). The Bertz CT molecular complexity index is 433. The maximum atomic E-state index is 13.0. The number of carbonyl (C=O) groups excluding carboxylic acids is 1. The number of fused-ring (bicyclic) bond motifs is 1. The average molecular weight is 222 g/mol. The molecule has 1 aromatic carbocycles. The van der Waals surface area contributed by atoms with Crippen LogP contribution in [0.3, 0.4) is 0 Å². The molecule has 0 saturated carbocycles. The van der Waals surface area contributed by atoms with Gasteiger partial charge in [0.25, 0.3) is 0 Å². The van der Waals surface area contributed by atoms with E-state index in [-0.39, 0.29) is 11.7 Å². The highest BCUT2D eigenvalue weighted by Gasteiger charge is 2.33. The number of benzene rings is 1. The van der Waals surface area contributed by atoms with Crippen molar-refractivity contribution in [1.29, 1.82) is 0 Å². The van der Waals surface area contributed by atoms with Gasteiger partial charge in [-0.1, -0.05) is 6.92 Å². The van der Waals surface area contributed by atoms with Crippen molar-refractivity contribution in [2.45, 2.75) is 20.3 Å². The summed E-state index contributed by atoms with van der Waals surface area (Å²) < 4.78 is 13.0. The van der Waals surface area contributed by atoms with E-state index in [1.807, 2.05) is 13.8 Å². The predicted molar refractivity (Wildman–Crippen MR) is 61.9 cm³/mol. The standard InChI is InChI=1S/C12H15FN2O/c1-3-12(2)7-14-9-5-4-8(13)6-10(9)15-11(12)16/h4-6,14H,3,7H2,1-2H3,(H,15,16). The van der Waals surface area contributed by atoms with E-state index in [1.165, 1.54) is 12.1 Å². The highest BCUT2D eigenvalue weighted by Crippen LogP contribution is 2.32. The lowest BCUT2D eigenvalue weighted by Gasteiger charge is -2.23. The van der Waals surface area contributed by atoms with Crippen LogP contribution in [-0.4, -0.2) is 12.5 Å². The first-order valence-electron chi connectivity index (χ1n) is 5.40. The molecular weight excluding hydrogens is 207 g/mol. The van der Waals surface area contributed by atoms with Gasteiger partial charge < -0.3 is 10.6 Å². The van der Waals surface area contributed by atoms with Crippen molar-refractivity contribution in [2.75, 3.05) is 17.2 Å². The van der Waals surface area contributed by atoms with Crippen molar-refractivity contribution in [3.63, 3.8) is 0 Å². The molecule has 1 amide bonds. The van der Waals surface area contributed by atoms with E-state index in [9.17, 15) is 9.18 Å². The van der Waals surface area contributed by atoms with Crippen LogP contribution in [0.2, 0.25) is 0 Å². The lowest BCUT2D eigenvalue weighted by atomic mass is 9.86. The third-order valence-corrected chi connectivity index (χ3v) is 3.23. The molecule has 16 heavy (non-hydrogen) atoms. The number of rotatable bonds is 1. The van der Waals surface area contributed by atoms with Gasteiger partial charge in [0.05, 0.1) is 16.8 Å². The van der Waals surface area contributed by atoms with E-state index < -0.39 is 5.41 Å². The second-order valence-corrected chi connectivity index (χ2v) is 4.41. The fraction of sp³-hybridized carbons (Fsp3) is 0.417. The first kappa shape index (κ1) is 10.9. The molecule has 3 nitrogen and oxygen atoms in total. The monoisotopic (exact) mass is 222 g/mol. The summed E-state index contributed by atoms with van der Waals surface area (Å²) in [7, 11) is 0. The Morgan fingerprint density at radius 3 is 2.88 bits per heavy atom. The van der Waals surface area contributed by atoms with E-state index in [0.29, 0.717) is 12.2 Å².